The van der Waals surface area contributed by atoms with Gasteiger partial charge in [-0.25, -0.2) is 14.4 Å². The van der Waals surface area contributed by atoms with Crippen LogP contribution in [0.2, 0.25) is 0 Å². The fourth-order valence-electron chi connectivity index (χ4n) is 3.93. The third kappa shape index (κ3) is 5.89. The van der Waals surface area contributed by atoms with E-state index in [1.54, 1.807) is 0 Å². The van der Waals surface area contributed by atoms with Gasteiger partial charge >= 0.3 is 5.97 Å². The van der Waals surface area contributed by atoms with Crippen molar-refractivity contribution in [3.63, 3.8) is 0 Å². The van der Waals surface area contributed by atoms with Crippen LogP contribution in [-0.2, 0) is 4.79 Å². The number of benzene rings is 1. The summed E-state index contributed by atoms with van der Waals surface area (Å²) in [6, 6.07) is 7.79. The number of hydrogen-bond donors (Lipinski definition) is 2. The number of anilines is 2. The third-order valence-electron chi connectivity index (χ3n) is 5.56. The lowest BCUT2D eigenvalue weighted by molar-refractivity contribution is -0.142. The summed E-state index contributed by atoms with van der Waals surface area (Å²) in [4.78, 5) is 20.3. The van der Waals surface area contributed by atoms with Gasteiger partial charge in [-0.05, 0) is 44.2 Å². The summed E-state index contributed by atoms with van der Waals surface area (Å²) in [7, 11) is 0. The summed E-state index contributed by atoms with van der Waals surface area (Å²) in [6.45, 7) is 2.11. The first-order valence-corrected chi connectivity index (χ1v) is 10.4. The molecule has 7 heteroatoms. The molecule has 1 saturated carbocycles. The number of carboxylic acid groups (broad SMARTS) is 1. The summed E-state index contributed by atoms with van der Waals surface area (Å²) < 4.78 is 13.8. The van der Waals surface area contributed by atoms with Gasteiger partial charge in [-0.15, -0.1) is 0 Å². The van der Waals surface area contributed by atoms with Crippen molar-refractivity contribution in [2.24, 2.45) is 5.92 Å². The Kier molecular flexibility index (Phi) is 7.38. The maximum Gasteiger partial charge on any atom is 0.306 e. The predicted octanol–water partition coefficient (Wildman–Crippen LogP) is 4.51. The van der Waals surface area contributed by atoms with Crippen LogP contribution >= 0.6 is 0 Å². The number of carboxylic acids is 1. The quantitative estimate of drug-likeness (QED) is 0.788. The van der Waals surface area contributed by atoms with E-state index >= 15 is 0 Å². The molecular weight excluding hydrogens is 371 g/mol. The zero-order chi connectivity index (χ0) is 20.6. The van der Waals surface area contributed by atoms with Crippen LogP contribution in [0.25, 0.3) is 11.3 Å². The Morgan fingerprint density at radius 2 is 1.79 bits per heavy atom. The van der Waals surface area contributed by atoms with Gasteiger partial charge in [0.1, 0.15) is 5.69 Å². The lowest BCUT2D eigenvalue weighted by Gasteiger charge is -2.29. The van der Waals surface area contributed by atoms with Crippen LogP contribution in [0.1, 0.15) is 51.4 Å². The largest absolute Gasteiger partial charge is 0.481 e. The number of nitrogen functional groups attached to an aromatic ring is 1. The molecule has 1 aliphatic carbocycles. The smallest absolute Gasteiger partial charge is 0.306 e. The minimum atomic E-state index is -0.602. The van der Waals surface area contributed by atoms with Gasteiger partial charge in [0.25, 0.3) is 0 Å². The van der Waals surface area contributed by atoms with Gasteiger partial charge in [0.15, 0.2) is 5.82 Å². The topological polar surface area (TPSA) is 92.3 Å². The fourth-order valence-corrected chi connectivity index (χ4v) is 3.93. The van der Waals surface area contributed by atoms with E-state index in [1.807, 2.05) is 18.2 Å². The van der Waals surface area contributed by atoms with Crippen LogP contribution in [0.4, 0.5) is 16.0 Å². The molecule has 2 heterocycles. The lowest BCUT2D eigenvalue weighted by atomic mass is 9.90. The Hall–Kier alpha value is -2.70. The highest BCUT2D eigenvalue weighted by atomic mass is 19.1. The molecule has 3 N–H and O–H groups in total. The van der Waals surface area contributed by atoms with Crippen molar-refractivity contribution in [3.8, 4) is 11.3 Å². The number of nitrogens with zero attached hydrogens (tertiary/aromatic N) is 3. The van der Waals surface area contributed by atoms with Crippen molar-refractivity contribution in [2.45, 2.75) is 51.4 Å². The summed E-state index contributed by atoms with van der Waals surface area (Å²) in [5.41, 5.74) is 7.65. The minimum Gasteiger partial charge on any atom is -0.481 e. The molecule has 1 aromatic heterocycles. The van der Waals surface area contributed by atoms with E-state index in [1.165, 1.54) is 25.7 Å². The Bertz CT molecular complexity index is 818. The van der Waals surface area contributed by atoms with Gasteiger partial charge in [-0.3, -0.25) is 4.79 Å². The molecule has 1 aromatic carbocycles. The first-order chi connectivity index (χ1) is 14.0. The molecule has 0 radical (unpaired) electrons. The average Bonchev–Trinajstić information content (AvgIpc) is 2.77. The number of nitrogens with two attached hydrogens (primary N) is 1. The van der Waals surface area contributed by atoms with Gasteiger partial charge in [0.05, 0.1) is 12.1 Å². The molecule has 1 saturated heterocycles. The Morgan fingerprint density at radius 3 is 2.45 bits per heavy atom. The molecule has 1 aliphatic heterocycles. The van der Waals surface area contributed by atoms with Crippen LogP contribution in [0.15, 0.2) is 30.5 Å². The average molecular weight is 400 g/mol. The molecule has 2 fully saturated rings. The number of aliphatic carboxylic acids is 1. The SMILES string of the molecule is Nc1ncc(F)c(-c2cccc(N3CCCCC3)c2)n1.O=C(O)C1CCCCC1. The van der Waals surface area contributed by atoms with Crippen LogP contribution < -0.4 is 10.6 Å². The van der Waals surface area contributed by atoms with E-state index in [9.17, 15) is 9.18 Å². The molecule has 2 aliphatic rings. The van der Waals surface area contributed by atoms with Crippen LogP contribution in [0.5, 0.6) is 0 Å². The zero-order valence-corrected chi connectivity index (χ0v) is 16.7. The van der Waals surface area contributed by atoms with Crippen molar-refractivity contribution in [1.29, 1.82) is 0 Å². The molecule has 29 heavy (non-hydrogen) atoms. The first-order valence-electron chi connectivity index (χ1n) is 10.4. The Labute approximate surface area is 171 Å². The van der Waals surface area contributed by atoms with Gasteiger partial charge < -0.3 is 15.7 Å². The van der Waals surface area contributed by atoms with Crippen molar-refractivity contribution >= 4 is 17.6 Å². The molecular formula is C22H29FN4O2. The standard InChI is InChI=1S/C15H17FN4.C7H12O2/c16-13-10-18-15(17)19-14(13)11-5-4-6-12(9-11)20-7-2-1-3-8-20;8-7(9)6-4-2-1-3-5-6/h4-6,9-10H,1-3,7-8H2,(H2,17,18,19);6H,1-5H2,(H,8,9). The van der Waals surface area contributed by atoms with Crippen molar-refractivity contribution in [2.75, 3.05) is 23.7 Å². The van der Waals surface area contributed by atoms with Crippen molar-refractivity contribution < 1.29 is 14.3 Å². The van der Waals surface area contributed by atoms with Gasteiger partial charge in [0.2, 0.25) is 5.95 Å². The van der Waals surface area contributed by atoms with Crippen molar-refractivity contribution in [1.82, 2.24) is 9.97 Å². The van der Waals surface area contributed by atoms with E-state index in [2.05, 4.69) is 20.9 Å². The monoisotopic (exact) mass is 400 g/mol. The number of rotatable bonds is 3. The van der Waals surface area contributed by atoms with E-state index in [0.29, 0.717) is 0 Å². The van der Waals surface area contributed by atoms with Crippen molar-refractivity contribution in [3.05, 3.63) is 36.3 Å². The van der Waals surface area contributed by atoms with Crippen LogP contribution in [0, 0.1) is 11.7 Å². The predicted molar refractivity (Wildman–Crippen MR) is 112 cm³/mol. The number of piperidine rings is 1. The Balaban J connectivity index is 0.000000224. The summed E-state index contributed by atoms with van der Waals surface area (Å²) in [5, 5.41) is 8.54. The number of aromatic nitrogens is 2. The molecule has 156 valence electrons. The van der Waals surface area contributed by atoms with E-state index in [-0.39, 0.29) is 17.6 Å². The van der Waals surface area contributed by atoms with Gasteiger partial charge in [0, 0.05) is 24.3 Å². The van der Waals surface area contributed by atoms with E-state index in [0.717, 1.165) is 56.2 Å². The Morgan fingerprint density at radius 1 is 1.10 bits per heavy atom. The molecule has 6 nitrogen and oxygen atoms in total. The molecule has 0 unspecified atom stereocenters. The summed E-state index contributed by atoms with van der Waals surface area (Å²) >= 11 is 0. The number of hydrogen-bond acceptors (Lipinski definition) is 5. The molecule has 0 atom stereocenters. The maximum absolute atomic E-state index is 13.8. The van der Waals surface area contributed by atoms with Gasteiger partial charge in [-0.2, -0.15) is 0 Å². The molecule has 0 bridgehead atoms. The van der Waals surface area contributed by atoms with Crippen LogP contribution in [0.3, 0.4) is 0 Å². The third-order valence-corrected chi connectivity index (χ3v) is 5.56. The molecule has 4 rings (SSSR count). The zero-order valence-electron chi connectivity index (χ0n) is 16.7. The minimum absolute atomic E-state index is 0.0289. The molecule has 2 aromatic rings. The highest BCUT2D eigenvalue weighted by Gasteiger charge is 2.19. The second-order valence-corrected chi connectivity index (χ2v) is 7.70. The molecule has 0 spiro atoms. The van der Waals surface area contributed by atoms with E-state index in [4.69, 9.17) is 10.8 Å². The number of carbonyl (C=O) groups is 1. The second-order valence-electron chi connectivity index (χ2n) is 7.70. The van der Waals surface area contributed by atoms with Gasteiger partial charge in [-0.1, -0.05) is 31.4 Å². The van der Waals surface area contributed by atoms with Crippen LogP contribution in [-0.4, -0.2) is 34.1 Å². The van der Waals surface area contributed by atoms with E-state index < -0.39 is 11.8 Å². The highest BCUT2D eigenvalue weighted by molar-refractivity contribution is 5.70. The highest BCUT2D eigenvalue weighted by Crippen LogP contribution is 2.27. The number of halogens is 1. The summed E-state index contributed by atoms with van der Waals surface area (Å²) in [5.74, 6) is -0.992. The fraction of sp³-hybridized carbons (Fsp3) is 0.500. The second kappa shape index (κ2) is 10.2. The first kappa shape index (κ1) is 21.0. The lowest BCUT2D eigenvalue weighted by Crippen LogP contribution is -2.29. The molecule has 0 amide bonds. The summed E-state index contributed by atoms with van der Waals surface area (Å²) in [6.07, 6.45) is 10.1. The maximum atomic E-state index is 13.8. The normalized spacial score (nSPS) is 17.3.